The van der Waals surface area contributed by atoms with Gasteiger partial charge in [-0.2, -0.15) is 0 Å². The lowest BCUT2D eigenvalue weighted by Gasteiger charge is -2.52. The molecule has 1 aromatic heterocycles. The summed E-state index contributed by atoms with van der Waals surface area (Å²) in [7, 11) is 0. The van der Waals surface area contributed by atoms with Crippen molar-refractivity contribution < 1.29 is 33.4 Å². The number of ether oxygens (including phenoxy) is 2. The highest BCUT2D eigenvalue weighted by molar-refractivity contribution is 7.22. The second-order valence-electron chi connectivity index (χ2n) is 12.8. The Hall–Kier alpha value is -3.35. The lowest BCUT2D eigenvalue weighted by atomic mass is 9.78. The van der Waals surface area contributed by atoms with E-state index in [0.717, 1.165) is 11.3 Å². The number of carboxylic acid groups (broad SMARTS) is 1. The van der Waals surface area contributed by atoms with Crippen LogP contribution in [0.5, 0.6) is 5.75 Å². The fourth-order valence-electron chi connectivity index (χ4n) is 5.93. The van der Waals surface area contributed by atoms with Crippen LogP contribution in [0.2, 0.25) is 10.0 Å². The van der Waals surface area contributed by atoms with Crippen molar-refractivity contribution in [1.82, 2.24) is 14.8 Å². The third-order valence-electron chi connectivity index (χ3n) is 7.51. The number of rotatable bonds is 2. The first-order valence-electron chi connectivity index (χ1n) is 14.0. The van der Waals surface area contributed by atoms with Crippen molar-refractivity contribution in [3.8, 4) is 16.9 Å². The highest BCUT2D eigenvalue weighted by atomic mass is 35.5. The molecule has 236 valence electrons. The highest BCUT2D eigenvalue weighted by Crippen LogP contribution is 2.48. The average molecular weight is 668 g/mol. The Labute approximate surface area is 268 Å². The lowest BCUT2D eigenvalue weighted by molar-refractivity contribution is -0.0223. The lowest BCUT2D eigenvalue weighted by Crippen LogP contribution is -2.66. The summed E-state index contributed by atoms with van der Waals surface area (Å²) >= 11 is 14.7. The number of thiazole rings is 1. The number of fused-ring (bicyclic) bond motifs is 3. The molecule has 3 aromatic rings. The van der Waals surface area contributed by atoms with Gasteiger partial charge in [0.15, 0.2) is 10.9 Å². The van der Waals surface area contributed by atoms with Gasteiger partial charge in [-0.3, -0.25) is 10.1 Å². The zero-order chi connectivity index (χ0) is 32.3. The van der Waals surface area contributed by atoms with Crippen molar-refractivity contribution in [2.75, 3.05) is 25.0 Å². The standard InChI is InChI=1S/C30H33Cl2FN4O6S/c1-29(2,3)24-18-9-12-42-22-15(25(38)36(18)10-11-37(24)28(40)41)13-16(31)19(20(22)32)14-7-8-17(33)23-21(14)34-26(44-23)35-27(39)43-30(4,5)6/h7-8,13,18,24H,9-12H2,1-6H3,(H,40,41)(H,34,35,39)/t18-,24?/m0/s1. The minimum atomic E-state index is -1.03. The van der Waals surface area contributed by atoms with Crippen LogP contribution in [0, 0.1) is 11.2 Å². The number of amides is 3. The van der Waals surface area contributed by atoms with Gasteiger partial charge in [0.1, 0.15) is 11.4 Å². The fraction of sp³-hybridized carbons (Fsp3) is 0.467. The Balaban J connectivity index is 1.56. The molecule has 1 saturated heterocycles. The number of hydrogen-bond acceptors (Lipinski definition) is 7. The molecule has 10 nitrogen and oxygen atoms in total. The SMILES string of the molecule is CC(C)(C)OC(=O)Nc1nc2c(-c3c(Cl)cc4c(c3Cl)OCC[C@H]3C(C(C)(C)C)N(C(=O)O)CCN3C4=O)ccc(F)c2s1. The summed E-state index contributed by atoms with van der Waals surface area (Å²) in [5.74, 6) is -0.799. The molecule has 44 heavy (non-hydrogen) atoms. The summed E-state index contributed by atoms with van der Waals surface area (Å²) in [5, 5.41) is 12.7. The predicted molar refractivity (Wildman–Crippen MR) is 168 cm³/mol. The minimum absolute atomic E-state index is 0.0541. The van der Waals surface area contributed by atoms with E-state index >= 15 is 0 Å². The topological polar surface area (TPSA) is 121 Å². The van der Waals surface area contributed by atoms with E-state index in [-0.39, 0.29) is 62.3 Å². The largest absolute Gasteiger partial charge is 0.491 e. The van der Waals surface area contributed by atoms with Crippen LogP contribution < -0.4 is 10.1 Å². The summed E-state index contributed by atoms with van der Waals surface area (Å²) in [4.78, 5) is 46.0. The molecule has 2 aromatic carbocycles. The van der Waals surface area contributed by atoms with E-state index in [1.54, 1.807) is 25.7 Å². The maximum absolute atomic E-state index is 14.9. The van der Waals surface area contributed by atoms with Crippen molar-refractivity contribution in [3.63, 3.8) is 0 Å². The van der Waals surface area contributed by atoms with E-state index in [1.165, 1.54) is 23.1 Å². The zero-order valence-electron chi connectivity index (χ0n) is 25.1. The van der Waals surface area contributed by atoms with E-state index < -0.39 is 41.1 Å². The quantitative estimate of drug-likeness (QED) is 0.287. The van der Waals surface area contributed by atoms with Gasteiger partial charge >= 0.3 is 12.2 Å². The average Bonchev–Trinajstić information content (AvgIpc) is 3.32. The van der Waals surface area contributed by atoms with Gasteiger partial charge in [-0.05, 0) is 44.4 Å². The first-order valence-corrected chi connectivity index (χ1v) is 15.6. The van der Waals surface area contributed by atoms with Crippen molar-refractivity contribution >= 4 is 68.0 Å². The number of hydrogen-bond donors (Lipinski definition) is 2. The predicted octanol–water partition coefficient (Wildman–Crippen LogP) is 7.76. The van der Waals surface area contributed by atoms with E-state index in [1.807, 2.05) is 20.8 Å². The molecule has 0 radical (unpaired) electrons. The number of carbonyl (C=O) groups is 3. The highest BCUT2D eigenvalue weighted by Gasteiger charge is 2.47. The normalized spacial score (nSPS) is 19.1. The molecule has 2 aliphatic rings. The first kappa shape index (κ1) is 32.1. The van der Waals surface area contributed by atoms with E-state index in [2.05, 4.69) is 10.3 Å². The Morgan fingerprint density at radius 2 is 1.86 bits per heavy atom. The maximum Gasteiger partial charge on any atom is 0.413 e. The van der Waals surface area contributed by atoms with Gasteiger partial charge in [0.05, 0.1) is 44.5 Å². The van der Waals surface area contributed by atoms with Crippen LogP contribution in [0.25, 0.3) is 21.3 Å². The van der Waals surface area contributed by atoms with E-state index in [0.29, 0.717) is 17.5 Å². The molecule has 1 unspecified atom stereocenters. The Morgan fingerprint density at radius 3 is 2.50 bits per heavy atom. The van der Waals surface area contributed by atoms with Crippen LogP contribution in [0.1, 0.15) is 58.3 Å². The third-order valence-corrected chi connectivity index (χ3v) is 9.15. The number of carbonyl (C=O) groups excluding carboxylic acids is 2. The first-order chi connectivity index (χ1) is 20.5. The van der Waals surface area contributed by atoms with Crippen molar-refractivity contribution in [3.05, 3.63) is 39.6 Å². The Morgan fingerprint density at radius 1 is 1.16 bits per heavy atom. The molecule has 0 aliphatic carbocycles. The van der Waals surface area contributed by atoms with Crippen molar-refractivity contribution in [1.29, 1.82) is 0 Å². The van der Waals surface area contributed by atoms with Crippen LogP contribution in [0.4, 0.5) is 19.1 Å². The molecular weight excluding hydrogens is 634 g/mol. The second-order valence-corrected chi connectivity index (χ2v) is 14.6. The van der Waals surface area contributed by atoms with Crippen LogP contribution >= 0.6 is 34.5 Å². The number of anilines is 1. The van der Waals surface area contributed by atoms with E-state index in [4.69, 9.17) is 32.7 Å². The van der Waals surface area contributed by atoms with Gasteiger partial charge in [-0.1, -0.05) is 55.3 Å². The summed E-state index contributed by atoms with van der Waals surface area (Å²) in [6.07, 6.45) is -1.40. The number of piperazine rings is 1. The molecular formula is C30H33Cl2FN4O6S. The zero-order valence-corrected chi connectivity index (χ0v) is 27.4. The molecule has 5 rings (SSSR count). The minimum Gasteiger partial charge on any atom is -0.491 e. The van der Waals surface area contributed by atoms with Gasteiger partial charge < -0.3 is 24.4 Å². The van der Waals surface area contributed by atoms with Crippen LogP contribution in [-0.4, -0.2) is 75.4 Å². The van der Waals surface area contributed by atoms with Gasteiger partial charge in [0.2, 0.25) is 0 Å². The molecule has 3 heterocycles. The van der Waals surface area contributed by atoms with Crippen molar-refractivity contribution in [2.24, 2.45) is 5.41 Å². The van der Waals surface area contributed by atoms with Crippen LogP contribution in [-0.2, 0) is 4.74 Å². The van der Waals surface area contributed by atoms with Crippen LogP contribution in [0.3, 0.4) is 0 Å². The molecule has 0 bridgehead atoms. The molecule has 2 atom stereocenters. The van der Waals surface area contributed by atoms with Gasteiger partial charge in [-0.15, -0.1) is 0 Å². The summed E-state index contributed by atoms with van der Waals surface area (Å²) in [6, 6.07) is 3.31. The number of nitrogens with zero attached hydrogens (tertiary/aromatic N) is 3. The molecule has 2 N–H and O–H groups in total. The van der Waals surface area contributed by atoms with Crippen LogP contribution in [0.15, 0.2) is 18.2 Å². The summed E-state index contributed by atoms with van der Waals surface area (Å²) in [5.41, 5.74) is -0.171. The summed E-state index contributed by atoms with van der Waals surface area (Å²) < 4.78 is 26.5. The smallest absolute Gasteiger partial charge is 0.413 e. The molecule has 14 heteroatoms. The summed E-state index contributed by atoms with van der Waals surface area (Å²) in [6.45, 7) is 11.5. The van der Waals surface area contributed by atoms with Crippen molar-refractivity contribution in [2.45, 2.75) is 65.6 Å². The van der Waals surface area contributed by atoms with Gasteiger partial charge in [0, 0.05) is 30.6 Å². The number of aromatic nitrogens is 1. The third kappa shape index (κ3) is 5.99. The van der Waals surface area contributed by atoms with E-state index in [9.17, 15) is 23.9 Å². The van der Waals surface area contributed by atoms with Gasteiger partial charge in [0.25, 0.3) is 5.91 Å². The number of halogens is 3. The Kier molecular flexibility index (Phi) is 8.41. The molecule has 0 saturated carbocycles. The fourth-order valence-corrected chi connectivity index (χ4v) is 7.53. The molecule has 1 fully saturated rings. The molecule has 3 amide bonds. The molecule has 2 aliphatic heterocycles. The maximum atomic E-state index is 14.9. The second kappa shape index (κ2) is 11.5. The number of benzene rings is 2. The molecule has 0 spiro atoms. The van der Waals surface area contributed by atoms with Gasteiger partial charge in [-0.25, -0.2) is 19.0 Å². The number of nitrogens with one attached hydrogen (secondary N) is 1. The Bertz CT molecular complexity index is 1670. The monoisotopic (exact) mass is 666 g/mol.